The first-order valence-electron chi connectivity index (χ1n) is 10.4. The number of methoxy groups -OCH3 is 1. The number of amidine groups is 2. The SMILES string of the molecule is COc1cccc(OCCCOc2ccc(/C=C3/C(=N)N4N=C(S(C)(=O)=O)SC4=NC3=O)cc2)c1. The van der Waals surface area contributed by atoms with Crippen LogP contribution in [0.25, 0.3) is 6.08 Å². The highest BCUT2D eigenvalue weighted by atomic mass is 32.3. The number of rotatable bonds is 8. The van der Waals surface area contributed by atoms with Gasteiger partial charge in [0.2, 0.25) is 19.4 Å². The highest BCUT2D eigenvalue weighted by molar-refractivity contribution is 8.42. The van der Waals surface area contributed by atoms with Crippen molar-refractivity contribution in [3.8, 4) is 17.2 Å². The average molecular weight is 515 g/mol. The van der Waals surface area contributed by atoms with Gasteiger partial charge in [-0.05, 0) is 47.7 Å². The number of amides is 1. The summed E-state index contributed by atoms with van der Waals surface area (Å²) in [6.45, 7) is 0.945. The monoisotopic (exact) mass is 514 g/mol. The first-order valence-corrected chi connectivity index (χ1v) is 13.2. The van der Waals surface area contributed by atoms with Crippen molar-refractivity contribution in [3.63, 3.8) is 0 Å². The summed E-state index contributed by atoms with van der Waals surface area (Å²) in [7, 11) is -1.97. The molecule has 0 unspecified atom stereocenters. The highest BCUT2D eigenvalue weighted by Gasteiger charge is 2.38. The van der Waals surface area contributed by atoms with Crippen molar-refractivity contribution >= 4 is 49.0 Å². The summed E-state index contributed by atoms with van der Waals surface area (Å²) in [6, 6.07) is 14.4. The van der Waals surface area contributed by atoms with Crippen molar-refractivity contribution < 1.29 is 27.4 Å². The number of aliphatic imine (C=N–C) groups is 1. The van der Waals surface area contributed by atoms with Crippen LogP contribution in [-0.4, -0.2) is 61.3 Å². The van der Waals surface area contributed by atoms with Crippen molar-refractivity contribution in [1.82, 2.24) is 5.01 Å². The number of nitrogens with zero attached hydrogens (tertiary/aromatic N) is 3. The Balaban J connectivity index is 1.32. The molecule has 182 valence electrons. The zero-order valence-electron chi connectivity index (χ0n) is 18.9. The van der Waals surface area contributed by atoms with E-state index in [-0.39, 0.29) is 21.0 Å². The summed E-state index contributed by atoms with van der Waals surface area (Å²) in [5.41, 5.74) is 0.667. The Labute approximate surface area is 206 Å². The molecule has 0 radical (unpaired) electrons. The lowest BCUT2D eigenvalue weighted by Gasteiger charge is -2.20. The number of sulfone groups is 1. The van der Waals surface area contributed by atoms with E-state index in [9.17, 15) is 13.2 Å². The molecule has 0 saturated heterocycles. The predicted molar refractivity (Wildman–Crippen MR) is 135 cm³/mol. The van der Waals surface area contributed by atoms with E-state index in [1.165, 1.54) is 6.08 Å². The molecule has 2 heterocycles. The fourth-order valence-corrected chi connectivity index (χ4v) is 4.77. The van der Waals surface area contributed by atoms with Gasteiger partial charge in [-0.15, -0.1) is 5.10 Å². The molecule has 4 rings (SSSR count). The summed E-state index contributed by atoms with van der Waals surface area (Å²) < 4.78 is 39.9. The minimum absolute atomic E-state index is 0.0104. The quantitative estimate of drug-likeness (QED) is 0.420. The van der Waals surface area contributed by atoms with E-state index in [4.69, 9.17) is 19.6 Å². The second-order valence-electron chi connectivity index (χ2n) is 7.46. The van der Waals surface area contributed by atoms with E-state index in [2.05, 4.69) is 10.1 Å². The third kappa shape index (κ3) is 5.89. The zero-order chi connectivity index (χ0) is 25.0. The van der Waals surface area contributed by atoms with E-state index in [1.54, 1.807) is 31.4 Å². The summed E-state index contributed by atoms with van der Waals surface area (Å²) in [5, 5.41) is 13.3. The number of fused-ring (bicyclic) bond motifs is 1. The maximum absolute atomic E-state index is 12.4. The van der Waals surface area contributed by atoms with Gasteiger partial charge in [-0.25, -0.2) is 8.42 Å². The molecule has 35 heavy (non-hydrogen) atoms. The maximum Gasteiger partial charge on any atom is 0.283 e. The molecule has 1 N–H and O–H groups in total. The zero-order valence-corrected chi connectivity index (χ0v) is 20.6. The van der Waals surface area contributed by atoms with Gasteiger partial charge < -0.3 is 14.2 Å². The number of thioether (sulfide) groups is 1. The number of hydrogen-bond acceptors (Lipinski definition) is 9. The number of nitrogens with one attached hydrogen (secondary N) is 1. The Morgan fingerprint density at radius 1 is 1.06 bits per heavy atom. The Hall–Kier alpha value is -3.64. The fraction of sp³-hybridized carbons (Fsp3) is 0.217. The van der Waals surface area contributed by atoms with E-state index < -0.39 is 15.7 Å². The maximum atomic E-state index is 12.4. The first kappa shape index (κ1) is 24.5. The van der Waals surface area contributed by atoms with Gasteiger partial charge in [0.05, 0.1) is 25.9 Å². The van der Waals surface area contributed by atoms with Gasteiger partial charge in [0.25, 0.3) is 5.91 Å². The molecule has 2 aliphatic heterocycles. The molecule has 2 aliphatic rings. The normalized spacial score (nSPS) is 16.6. The van der Waals surface area contributed by atoms with Gasteiger partial charge in [-0.1, -0.05) is 18.2 Å². The molecule has 0 spiro atoms. The van der Waals surface area contributed by atoms with Crippen LogP contribution in [0.5, 0.6) is 17.2 Å². The second kappa shape index (κ2) is 10.3. The molecular weight excluding hydrogens is 492 g/mol. The minimum atomic E-state index is -3.58. The van der Waals surface area contributed by atoms with Crippen LogP contribution in [0.15, 0.2) is 64.2 Å². The van der Waals surface area contributed by atoms with Crippen molar-refractivity contribution in [2.45, 2.75) is 6.42 Å². The lowest BCUT2D eigenvalue weighted by Crippen LogP contribution is -2.35. The summed E-state index contributed by atoms with van der Waals surface area (Å²) in [5.74, 6) is 1.25. The Kier molecular flexibility index (Phi) is 7.22. The molecule has 12 heteroatoms. The summed E-state index contributed by atoms with van der Waals surface area (Å²) in [6.07, 6.45) is 3.20. The molecule has 1 amide bonds. The van der Waals surface area contributed by atoms with E-state index >= 15 is 0 Å². The largest absolute Gasteiger partial charge is 0.497 e. The van der Waals surface area contributed by atoms with Gasteiger partial charge in [-0.2, -0.15) is 10.0 Å². The Morgan fingerprint density at radius 2 is 1.74 bits per heavy atom. The van der Waals surface area contributed by atoms with Crippen molar-refractivity contribution in [3.05, 3.63) is 59.7 Å². The number of hydrazone groups is 1. The smallest absolute Gasteiger partial charge is 0.283 e. The van der Waals surface area contributed by atoms with Gasteiger partial charge in [0.1, 0.15) is 17.2 Å². The Morgan fingerprint density at radius 3 is 2.43 bits per heavy atom. The average Bonchev–Trinajstić information content (AvgIpc) is 3.27. The summed E-state index contributed by atoms with van der Waals surface area (Å²) in [4.78, 5) is 16.3. The van der Waals surface area contributed by atoms with Crippen molar-refractivity contribution in [2.75, 3.05) is 26.6 Å². The van der Waals surface area contributed by atoms with Gasteiger partial charge in [0, 0.05) is 18.7 Å². The van der Waals surface area contributed by atoms with Gasteiger partial charge in [-0.3, -0.25) is 10.2 Å². The van der Waals surface area contributed by atoms with Crippen LogP contribution < -0.4 is 14.2 Å². The molecule has 10 nitrogen and oxygen atoms in total. The molecule has 0 atom stereocenters. The minimum Gasteiger partial charge on any atom is -0.497 e. The summed E-state index contributed by atoms with van der Waals surface area (Å²) >= 11 is 0.749. The number of ether oxygens (including phenoxy) is 3. The van der Waals surface area contributed by atoms with Crippen LogP contribution in [-0.2, 0) is 14.6 Å². The van der Waals surface area contributed by atoms with Gasteiger partial charge >= 0.3 is 0 Å². The molecule has 0 aliphatic carbocycles. The van der Waals surface area contributed by atoms with E-state index in [0.717, 1.165) is 34.5 Å². The molecule has 0 fully saturated rings. The van der Waals surface area contributed by atoms with Gasteiger partial charge in [0.15, 0.2) is 5.84 Å². The lowest BCUT2D eigenvalue weighted by atomic mass is 10.1. The van der Waals surface area contributed by atoms with Crippen LogP contribution in [0.3, 0.4) is 0 Å². The fourth-order valence-electron chi connectivity index (χ4n) is 3.08. The molecule has 0 saturated carbocycles. The topological polar surface area (TPSA) is 131 Å². The highest BCUT2D eigenvalue weighted by Crippen LogP contribution is 2.30. The van der Waals surface area contributed by atoms with Crippen LogP contribution in [0.4, 0.5) is 0 Å². The lowest BCUT2D eigenvalue weighted by molar-refractivity contribution is -0.114. The predicted octanol–water partition coefficient (Wildman–Crippen LogP) is 3.16. The standard InChI is InChI=1S/C23H22N4O6S2/c1-31-17-5-3-6-18(14-17)33-12-4-11-32-16-9-7-15(8-10-16)13-19-20(24)27-22(25-21(19)28)34-23(26-27)35(2,29)30/h3,5-10,13-14,24H,4,11-12H2,1-2H3/b19-13-,24-20?. The third-order valence-corrected chi connectivity index (χ3v) is 7.39. The first-order chi connectivity index (χ1) is 16.7. The van der Waals surface area contributed by atoms with Crippen LogP contribution in [0, 0.1) is 5.41 Å². The van der Waals surface area contributed by atoms with Crippen molar-refractivity contribution in [1.29, 1.82) is 5.41 Å². The van der Waals surface area contributed by atoms with Crippen LogP contribution in [0.1, 0.15) is 12.0 Å². The molecule has 2 aromatic carbocycles. The van der Waals surface area contributed by atoms with E-state index in [1.807, 2.05) is 24.3 Å². The molecule has 0 bridgehead atoms. The van der Waals surface area contributed by atoms with Crippen LogP contribution >= 0.6 is 11.8 Å². The van der Waals surface area contributed by atoms with Crippen LogP contribution in [0.2, 0.25) is 0 Å². The van der Waals surface area contributed by atoms with E-state index in [0.29, 0.717) is 30.9 Å². The number of carbonyl (C=O) groups excluding carboxylic acids is 1. The number of carbonyl (C=O) groups is 1. The Bertz CT molecular complexity index is 1350. The molecule has 0 aromatic heterocycles. The third-order valence-electron chi connectivity index (χ3n) is 4.81. The van der Waals surface area contributed by atoms with Crippen molar-refractivity contribution in [2.24, 2.45) is 10.1 Å². The molecule has 2 aromatic rings. The molecular formula is C23H22N4O6S2. The number of benzene rings is 2. The number of hydrogen-bond donors (Lipinski definition) is 1. The second-order valence-corrected chi connectivity index (χ2v) is 10.6.